The molecule has 0 aliphatic heterocycles. The van der Waals surface area contributed by atoms with E-state index in [1.165, 1.54) is 12.1 Å². The minimum Gasteiger partial charge on any atom is -0.308 e. The second-order valence-corrected chi connectivity index (χ2v) is 7.16. The van der Waals surface area contributed by atoms with Gasteiger partial charge in [-0.3, -0.25) is 0 Å². The van der Waals surface area contributed by atoms with E-state index in [1.54, 1.807) is 19.9 Å². The molecule has 19 heavy (non-hydrogen) atoms. The molecule has 0 spiro atoms. The van der Waals surface area contributed by atoms with Crippen molar-refractivity contribution in [2.24, 2.45) is 0 Å². The van der Waals surface area contributed by atoms with Gasteiger partial charge in [-0.25, -0.2) is 17.5 Å². The molecular weight excluding hydrogens is 267 g/mol. The quantitative estimate of drug-likeness (QED) is 0.839. The van der Waals surface area contributed by atoms with Crippen molar-refractivity contribution in [2.75, 3.05) is 12.8 Å². The summed E-state index contributed by atoms with van der Waals surface area (Å²) in [6.07, 6.45) is 1.13. The van der Waals surface area contributed by atoms with Crippen LogP contribution in [0.1, 0.15) is 32.4 Å². The molecule has 0 fully saturated rings. The second kappa shape index (κ2) is 5.98. The molecule has 0 aromatic heterocycles. The zero-order chi connectivity index (χ0) is 14.7. The first-order valence-corrected chi connectivity index (χ1v) is 7.96. The van der Waals surface area contributed by atoms with Gasteiger partial charge >= 0.3 is 0 Å². The fourth-order valence-electron chi connectivity index (χ4n) is 1.84. The van der Waals surface area contributed by atoms with Gasteiger partial charge in [0.25, 0.3) is 0 Å². The van der Waals surface area contributed by atoms with Gasteiger partial charge in [0.2, 0.25) is 10.0 Å². The normalized spacial score (nSPS) is 14.4. The van der Waals surface area contributed by atoms with Gasteiger partial charge in [0.15, 0.2) is 0 Å². The molecule has 1 rings (SSSR count). The second-order valence-electron chi connectivity index (χ2n) is 5.42. The van der Waals surface area contributed by atoms with Crippen molar-refractivity contribution in [1.29, 1.82) is 0 Å². The van der Waals surface area contributed by atoms with Crippen molar-refractivity contribution in [1.82, 2.24) is 10.0 Å². The summed E-state index contributed by atoms with van der Waals surface area (Å²) in [7, 11) is -3.25. The molecule has 108 valence electrons. The summed E-state index contributed by atoms with van der Waals surface area (Å²) in [5.41, 5.74) is 0.227. The monoisotopic (exact) mass is 288 g/mol. The van der Waals surface area contributed by atoms with Crippen LogP contribution in [0.4, 0.5) is 4.39 Å². The van der Waals surface area contributed by atoms with E-state index < -0.39 is 15.6 Å². The molecule has 0 amide bonds. The Morgan fingerprint density at radius 2 is 2.00 bits per heavy atom. The van der Waals surface area contributed by atoms with Crippen LogP contribution in [0.5, 0.6) is 0 Å². The zero-order valence-corrected chi connectivity index (χ0v) is 12.5. The molecule has 4 nitrogen and oxygen atoms in total. The predicted molar refractivity (Wildman–Crippen MR) is 74.9 cm³/mol. The lowest BCUT2D eigenvalue weighted by Gasteiger charge is -2.27. The first kappa shape index (κ1) is 16.1. The van der Waals surface area contributed by atoms with E-state index in [9.17, 15) is 12.8 Å². The first-order chi connectivity index (χ1) is 8.59. The Balaban J connectivity index is 2.61. The van der Waals surface area contributed by atoms with Crippen molar-refractivity contribution >= 4 is 10.0 Å². The van der Waals surface area contributed by atoms with E-state index in [2.05, 4.69) is 10.0 Å². The number of sulfonamides is 1. The van der Waals surface area contributed by atoms with E-state index in [0.29, 0.717) is 6.54 Å². The zero-order valence-electron chi connectivity index (χ0n) is 11.7. The van der Waals surface area contributed by atoms with Crippen LogP contribution in [0.25, 0.3) is 0 Å². The van der Waals surface area contributed by atoms with Crippen molar-refractivity contribution in [3.63, 3.8) is 0 Å². The average Bonchev–Trinajstić information content (AvgIpc) is 2.22. The summed E-state index contributed by atoms with van der Waals surface area (Å²) in [6, 6.07) is 6.29. The molecule has 0 aliphatic rings. The van der Waals surface area contributed by atoms with Gasteiger partial charge in [-0.2, -0.15) is 0 Å². The molecule has 0 saturated heterocycles. The third-order valence-electron chi connectivity index (χ3n) is 2.66. The van der Waals surface area contributed by atoms with Crippen LogP contribution >= 0.6 is 0 Å². The highest BCUT2D eigenvalue weighted by molar-refractivity contribution is 7.88. The predicted octanol–water partition coefficient (Wildman–Crippen LogP) is 1.80. The lowest BCUT2D eigenvalue weighted by atomic mass is 10.0. The van der Waals surface area contributed by atoms with Gasteiger partial charge in [-0.15, -0.1) is 0 Å². The molecule has 0 saturated carbocycles. The summed E-state index contributed by atoms with van der Waals surface area (Å²) in [5.74, 6) is -0.278. The lowest BCUT2D eigenvalue weighted by molar-refractivity contribution is 0.399. The van der Waals surface area contributed by atoms with Gasteiger partial charge in [0, 0.05) is 18.1 Å². The molecular formula is C13H21FN2O2S. The van der Waals surface area contributed by atoms with Crippen molar-refractivity contribution < 1.29 is 12.8 Å². The summed E-state index contributed by atoms with van der Waals surface area (Å²) in [5, 5.41) is 3.20. The number of rotatable bonds is 6. The Kier molecular flexibility index (Phi) is 5.06. The molecule has 0 bridgehead atoms. The van der Waals surface area contributed by atoms with E-state index in [-0.39, 0.29) is 11.9 Å². The highest BCUT2D eigenvalue weighted by Gasteiger charge is 2.22. The summed E-state index contributed by atoms with van der Waals surface area (Å²) >= 11 is 0. The lowest BCUT2D eigenvalue weighted by Crippen LogP contribution is -2.50. The van der Waals surface area contributed by atoms with Crippen molar-refractivity contribution in [3.05, 3.63) is 35.6 Å². The van der Waals surface area contributed by atoms with Gasteiger partial charge in [0.1, 0.15) is 5.82 Å². The third-order valence-corrected chi connectivity index (χ3v) is 3.58. The standard InChI is InChI=1S/C13H21FN2O2S/c1-10(11-6-5-7-12(14)8-11)15-9-13(2,3)16-19(4,17)18/h5-8,10,15-16H,9H2,1-4H3. The van der Waals surface area contributed by atoms with E-state index in [4.69, 9.17) is 0 Å². The molecule has 0 radical (unpaired) electrons. The number of hydrogen-bond donors (Lipinski definition) is 2. The van der Waals surface area contributed by atoms with Crippen LogP contribution in [0.3, 0.4) is 0 Å². The molecule has 0 heterocycles. The molecule has 2 N–H and O–H groups in total. The number of benzene rings is 1. The minimum absolute atomic E-state index is 0.0589. The Morgan fingerprint density at radius 1 is 1.37 bits per heavy atom. The Morgan fingerprint density at radius 3 is 2.53 bits per heavy atom. The van der Waals surface area contributed by atoms with Gasteiger partial charge < -0.3 is 5.32 Å². The van der Waals surface area contributed by atoms with Gasteiger partial charge in [0.05, 0.1) is 6.26 Å². The Bertz CT molecular complexity index is 529. The SMILES string of the molecule is CC(NCC(C)(C)NS(C)(=O)=O)c1cccc(F)c1. The van der Waals surface area contributed by atoms with Crippen LogP contribution in [0.2, 0.25) is 0 Å². The number of nitrogens with one attached hydrogen (secondary N) is 2. The van der Waals surface area contributed by atoms with Crippen LogP contribution in [0.15, 0.2) is 24.3 Å². The molecule has 0 aliphatic carbocycles. The molecule has 1 unspecified atom stereocenters. The van der Waals surface area contributed by atoms with Gasteiger partial charge in [-0.05, 0) is 38.5 Å². The Hall–Kier alpha value is -0.980. The summed E-state index contributed by atoms with van der Waals surface area (Å²) < 4.78 is 38.1. The maximum Gasteiger partial charge on any atom is 0.209 e. The fraction of sp³-hybridized carbons (Fsp3) is 0.538. The molecule has 6 heteroatoms. The topological polar surface area (TPSA) is 58.2 Å². The van der Waals surface area contributed by atoms with E-state index in [1.807, 2.05) is 13.0 Å². The molecule has 1 atom stereocenters. The van der Waals surface area contributed by atoms with Crippen LogP contribution in [-0.2, 0) is 10.0 Å². The molecule has 1 aromatic rings. The first-order valence-electron chi connectivity index (χ1n) is 6.07. The highest BCUT2D eigenvalue weighted by Crippen LogP contribution is 2.14. The summed E-state index contributed by atoms with van der Waals surface area (Å²) in [4.78, 5) is 0. The maximum absolute atomic E-state index is 13.1. The largest absolute Gasteiger partial charge is 0.308 e. The van der Waals surface area contributed by atoms with E-state index in [0.717, 1.165) is 11.8 Å². The number of hydrogen-bond acceptors (Lipinski definition) is 3. The molecule has 1 aromatic carbocycles. The fourth-order valence-corrected chi connectivity index (χ4v) is 2.92. The van der Waals surface area contributed by atoms with Crippen LogP contribution in [0, 0.1) is 5.82 Å². The van der Waals surface area contributed by atoms with Crippen molar-refractivity contribution in [3.8, 4) is 0 Å². The number of halogens is 1. The van der Waals surface area contributed by atoms with E-state index >= 15 is 0 Å². The smallest absolute Gasteiger partial charge is 0.209 e. The minimum atomic E-state index is -3.25. The maximum atomic E-state index is 13.1. The highest BCUT2D eigenvalue weighted by atomic mass is 32.2. The Labute approximate surface area is 114 Å². The third kappa shape index (κ3) is 6.13. The summed E-state index contributed by atoms with van der Waals surface area (Å²) in [6.45, 7) is 5.93. The average molecular weight is 288 g/mol. The van der Waals surface area contributed by atoms with Crippen LogP contribution in [-0.4, -0.2) is 26.8 Å². The van der Waals surface area contributed by atoms with Gasteiger partial charge in [-0.1, -0.05) is 12.1 Å². The van der Waals surface area contributed by atoms with Crippen molar-refractivity contribution in [2.45, 2.75) is 32.4 Å². The van der Waals surface area contributed by atoms with Crippen LogP contribution < -0.4 is 10.0 Å².